The summed E-state index contributed by atoms with van der Waals surface area (Å²) >= 11 is 0. The zero-order chi connectivity index (χ0) is 12.5. The molecule has 0 fully saturated rings. The summed E-state index contributed by atoms with van der Waals surface area (Å²) in [5.41, 5.74) is 0.184. The largest absolute Gasteiger partial charge is 0.443 e. The lowest BCUT2D eigenvalue weighted by Crippen LogP contribution is -2.39. The van der Waals surface area contributed by atoms with Crippen molar-refractivity contribution in [3.63, 3.8) is 0 Å². The molecular formula is C11H19NO3. The van der Waals surface area contributed by atoms with Gasteiger partial charge in [-0.05, 0) is 34.1 Å². The zero-order valence-electron chi connectivity index (χ0n) is 10.7. The fourth-order valence-electron chi connectivity index (χ4n) is 1.39. The Morgan fingerprint density at radius 2 is 2.40 bits per heavy atom. The summed E-state index contributed by atoms with van der Waals surface area (Å²) in [4.78, 5) is 13.1. The molecule has 0 unspecified atom stereocenters. The van der Waals surface area contributed by atoms with E-state index in [4.69, 9.17) is 11.2 Å². The fourth-order valence-corrected chi connectivity index (χ4v) is 1.39. The number of carbonyl (C=O) groups excluding carboxylic acids is 1. The van der Waals surface area contributed by atoms with Crippen molar-refractivity contribution in [2.45, 2.75) is 45.7 Å². The summed E-state index contributed by atoms with van der Waals surface area (Å²) in [6.45, 7) is 6.88. The number of hydrogen-bond donors (Lipinski definition) is 1. The van der Waals surface area contributed by atoms with E-state index in [9.17, 15) is 4.79 Å². The van der Waals surface area contributed by atoms with Crippen molar-refractivity contribution in [2.75, 3.05) is 6.61 Å². The topological polar surface area (TPSA) is 49.8 Å². The molecule has 0 aliphatic carbocycles. The van der Waals surface area contributed by atoms with E-state index in [0.29, 0.717) is 0 Å². The Hall–Kier alpha value is -1.03. The van der Waals surface area contributed by atoms with Crippen molar-refractivity contribution >= 4 is 6.09 Å². The molecule has 0 aromatic heterocycles. The van der Waals surface area contributed by atoms with Crippen LogP contribution in [0, 0.1) is 0 Å². The van der Waals surface area contributed by atoms with Gasteiger partial charge >= 0.3 is 6.09 Å². The summed E-state index contributed by atoms with van der Waals surface area (Å²) < 4.78 is 13.0. The van der Waals surface area contributed by atoms with Crippen LogP contribution in [-0.2, 0) is 4.74 Å². The van der Waals surface area contributed by atoms with E-state index in [1.54, 1.807) is 33.9 Å². The van der Waals surface area contributed by atoms with Crippen LogP contribution in [0.15, 0.2) is 11.8 Å². The number of amides is 1. The van der Waals surface area contributed by atoms with E-state index < -0.39 is 24.1 Å². The van der Waals surface area contributed by atoms with Gasteiger partial charge in [0.1, 0.15) is 5.60 Å². The average molecular weight is 214 g/mol. The number of nitrogens with zero attached hydrogens (tertiary/aromatic N) is 1. The Morgan fingerprint density at radius 1 is 1.80 bits per heavy atom. The van der Waals surface area contributed by atoms with Crippen molar-refractivity contribution in [1.82, 2.24) is 4.90 Å². The van der Waals surface area contributed by atoms with Gasteiger partial charge in [-0.15, -0.1) is 0 Å². The summed E-state index contributed by atoms with van der Waals surface area (Å²) in [6.07, 6.45) is 0.491. The zero-order valence-corrected chi connectivity index (χ0v) is 9.65. The first-order valence-electron chi connectivity index (χ1n) is 5.56. The van der Waals surface area contributed by atoms with Crippen LogP contribution in [0.3, 0.4) is 0 Å². The lowest BCUT2D eigenvalue weighted by molar-refractivity contribution is 0.0241. The number of aliphatic hydroxyl groups excluding tert-OH is 1. The smallest absolute Gasteiger partial charge is 0.414 e. The molecule has 0 aromatic carbocycles. The van der Waals surface area contributed by atoms with Crippen LogP contribution >= 0.6 is 0 Å². The van der Waals surface area contributed by atoms with Gasteiger partial charge in [-0.25, -0.2) is 4.79 Å². The van der Waals surface area contributed by atoms with Crippen LogP contribution in [0.2, 0.25) is 0 Å². The highest BCUT2D eigenvalue weighted by Crippen LogP contribution is 2.23. The quantitative estimate of drug-likeness (QED) is 0.725. The van der Waals surface area contributed by atoms with Gasteiger partial charge in [0.15, 0.2) is 0 Å². The first-order chi connectivity index (χ1) is 7.26. The molecule has 1 N–H and O–H groups in total. The minimum absolute atomic E-state index is 0.235. The van der Waals surface area contributed by atoms with E-state index in [1.807, 2.05) is 0 Å². The van der Waals surface area contributed by atoms with Crippen molar-refractivity contribution in [1.29, 1.82) is 0 Å². The van der Waals surface area contributed by atoms with Crippen LogP contribution in [0.4, 0.5) is 4.79 Å². The van der Waals surface area contributed by atoms with Crippen LogP contribution in [0.25, 0.3) is 0 Å². The van der Waals surface area contributed by atoms with Gasteiger partial charge in [-0.1, -0.05) is 5.57 Å². The third-order valence-electron chi connectivity index (χ3n) is 1.95. The van der Waals surface area contributed by atoms with Crippen molar-refractivity contribution in [2.24, 2.45) is 0 Å². The minimum atomic E-state index is -0.572. The third kappa shape index (κ3) is 3.23. The van der Waals surface area contributed by atoms with Crippen molar-refractivity contribution < 1.29 is 16.0 Å². The standard InChI is InChI=1S/C11H19NO3/c1-8-5-9(7-13)12(6-8)10(14)15-11(2,3)4/h6,9,13H,5,7H2,1-4H3/t9-/m0/s1/i5D/t5-,9-. The highest BCUT2D eigenvalue weighted by Gasteiger charge is 2.30. The normalized spacial score (nSPS) is 27.4. The Kier molecular flexibility index (Phi) is 2.95. The maximum atomic E-state index is 11.8. The molecule has 1 aliphatic rings. The van der Waals surface area contributed by atoms with E-state index in [2.05, 4.69) is 0 Å². The van der Waals surface area contributed by atoms with Crippen LogP contribution in [0.1, 0.15) is 35.5 Å². The summed E-state index contributed by atoms with van der Waals surface area (Å²) in [5.74, 6) is 0. The number of aliphatic hydroxyl groups is 1. The molecule has 0 saturated carbocycles. The average Bonchev–Trinajstić information content (AvgIpc) is 2.40. The summed E-state index contributed by atoms with van der Waals surface area (Å²) in [6, 6.07) is -0.533. The first kappa shape index (κ1) is 10.5. The molecule has 0 radical (unpaired) electrons. The van der Waals surface area contributed by atoms with Gasteiger partial charge in [-0.2, -0.15) is 0 Å². The number of ether oxygens (including phenoxy) is 1. The number of rotatable bonds is 1. The molecule has 86 valence electrons. The minimum Gasteiger partial charge on any atom is -0.443 e. The molecule has 1 aliphatic heterocycles. The predicted octanol–water partition coefficient (Wildman–Crippen LogP) is 1.89. The van der Waals surface area contributed by atoms with Crippen LogP contribution < -0.4 is 0 Å². The van der Waals surface area contributed by atoms with Crippen LogP contribution in [-0.4, -0.2) is 34.3 Å². The number of carbonyl (C=O) groups is 1. The molecule has 15 heavy (non-hydrogen) atoms. The third-order valence-corrected chi connectivity index (χ3v) is 1.95. The predicted molar refractivity (Wildman–Crippen MR) is 57.3 cm³/mol. The van der Waals surface area contributed by atoms with Crippen molar-refractivity contribution in [3.05, 3.63) is 11.8 Å². The Balaban J connectivity index is 2.77. The van der Waals surface area contributed by atoms with Gasteiger partial charge in [0, 0.05) is 7.57 Å². The molecule has 0 spiro atoms. The van der Waals surface area contributed by atoms with Crippen LogP contribution in [0.5, 0.6) is 0 Å². The SMILES string of the molecule is [2H][C@H]1C(C)=CN(C(=O)OC(C)(C)C)[C@@H]1CO. The molecule has 2 atom stereocenters. The van der Waals surface area contributed by atoms with E-state index >= 15 is 0 Å². The highest BCUT2D eigenvalue weighted by molar-refractivity contribution is 5.70. The molecule has 4 heteroatoms. The second-order valence-corrected chi connectivity index (χ2v) is 4.68. The molecule has 0 aromatic rings. The molecule has 1 amide bonds. The van der Waals surface area contributed by atoms with Gasteiger partial charge in [0.25, 0.3) is 0 Å². The maximum absolute atomic E-state index is 11.8. The van der Waals surface area contributed by atoms with Gasteiger partial charge in [-0.3, -0.25) is 4.90 Å². The Bertz CT molecular complexity index is 309. The van der Waals surface area contributed by atoms with Gasteiger partial charge in [0.05, 0.1) is 12.6 Å². The second kappa shape index (κ2) is 4.23. The monoisotopic (exact) mass is 214 g/mol. The maximum Gasteiger partial charge on any atom is 0.414 e. The highest BCUT2D eigenvalue weighted by atomic mass is 16.6. The van der Waals surface area contributed by atoms with Gasteiger partial charge < -0.3 is 9.84 Å². The van der Waals surface area contributed by atoms with E-state index in [-0.39, 0.29) is 6.61 Å². The second-order valence-electron chi connectivity index (χ2n) is 4.68. The molecule has 0 saturated heterocycles. The fraction of sp³-hybridized carbons (Fsp3) is 0.727. The molecule has 0 bridgehead atoms. The lowest BCUT2D eigenvalue weighted by Gasteiger charge is -2.26. The number of hydrogen-bond acceptors (Lipinski definition) is 3. The van der Waals surface area contributed by atoms with E-state index in [0.717, 1.165) is 5.57 Å². The summed E-state index contributed by atoms with van der Waals surface area (Å²) in [7, 11) is 0. The Morgan fingerprint density at radius 3 is 2.87 bits per heavy atom. The Labute approximate surface area is 91.9 Å². The van der Waals surface area contributed by atoms with Gasteiger partial charge in [0.2, 0.25) is 0 Å². The molecule has 1 heterocycles. The lowest BCUT2D eigenvalue weighted by atomic mass is 10.2. The molecular weight excluding hydrogens is 194 g/mol. The summed E-state index contributed by atoms with van der Waals surface area (Å²) in [5, 5.41) is 9.17. The first-order valence-corrected chi connectivity index (χ1v) is 4.99. The van der Waals surface area contributed by atoms with E-state index in [1.165, 1.54) is 4.90 Å². The molecule has 1 rings (SSSR count). The molecule has 4 nitrogen and oxygen atoms in total. The van der Waals surface area contributed by atoms with Crippen molar-refractivity contribution in [3.8, 4) is 0 Å².